The van der Waals surface area contributed by atoms with Crippen molar-refractivity contribution in [1.82, 2.24) is 0 Å². The second kappa shape index (κ2) is 36.7. The number of esters is 2. The number of rotatable bonds is 38. The molecule has 0 aliphatic rings. The Morgan fingerprint density at radius 3 is 1.49 bits per heavy atom. The number of ether oxygens (including phenoxy) is 2. The largest absolute Gasteiger partial charge is 0.480 e. The Hall–Kier alpha value is -2.30. The number of carbonyl (C=O) groups is 3. The molecule has 0 aliphatic carbocycles. The summed E-state index contributed by atoms with van der Waals surface area (Å²) in [7, 11) is -4.71. The van der Waals surface area contributed by atoms with E-state index < -0.39 is 51.1 Å². The first-order valence-electron chi connectivity index (χ1n) is 20.5. The first-order chi connectivity index (χ1) is 25.6. The van der Waals surface area contributed by atoms with Gasteiger partial charge in [-0.2, -0.15) is 0 Å². The molecule has 0 spiro atoms. The average molecular weight is 772 g/mol. The van der Waals surface area contributed by atoms with Gasteiger partial charge < -0.3 is 25.2 Å². The van der Waals surface area contributed by atoms with E-state index >= 15 is 0 Å². The van der Waals surface area contributed by atoms with Crippen molar-refractivity contribution in [2.45, 2.75) is 187 Å². The van der Waals surface area contributed by atoms with Crippen LogP contribution < -0.4 is 5.73 Å². The van der Waals surface area contributed by atoms with Crippen molar-refractivity contribution in [2.24, 2.45) is 5.73 Å². The number of carboxylic acids is 1. The van der Waals surface area contributed by atoms with Crippen molar-refractivity contribution in [1.29, 1.82) is 0 Å². The third kappa shape index (κ3) is 36.4. The second-order valence-corrected chi connectivity index (χ2v) is 15.2. The van der Waals surface area contributed by atoms with Crippen LogP contribution >= 0.6 is 7.82 Å². The molecule has 308 valence electrons. The molecule has 0 saturated carbocycles. The predicted octanol–water partition coefficient (Wildman–Crippen LogP) is 10.4. The summed E-state index contributed by atoms with van der Waals surface area (Å²) >= 11 is 0. The third-order valence-electron chi connectivity index (χ3n) is 8.61. The lowest BCUT2D eigenvalue weighted by Gasteiger charge is -2.20. The molecule has 4 N–H and O–H groups in total. The van der Waals surface area contributed by atoms with E-state index in [1.54, 1.807) is 0 Å². The van der Waals surface area contributed by atoms with Gasteiger partial charge in [-0.25, -0.2) is 4.57 Å². The minimum absolute atomic E-state index is 0.150. The molecule has 12 heteroatoms. The van der Waals surface area contributed by atoms with Crippen molar-refractivity contribution in [3.63, 3.8) is 0 Å². The molecule has 0 aromatic carbocycles. The van der Waals surface area contributed by atoms with Crippen LogP contribution in [0.1, 0.15) is 174 Å². The molecular weight excluding hydrogens is 697 g/mol. The van der Waals surface area contributed by atoms with E-state index in [0.29, 0.717) is 12.8 Å². The van der Waals surface area contributed by atoms with Crippen LogP contribution in [0.15, 0.2) is 36.5 Å². The smallest absolute Gasteiger partial charge is 0.472 e. The molecule has 53 heavy (non-hydrogen) atoms. The molecule has 0 bridgehead atoms. The van der Waals surface area contributed by atoms with Gasteiger partial charge in [0.15, 0.2) is 6.10 Å². The topological polar surface area (TPSA) is 172 Å². The van der Waals surface area contributed by atoms with Crippen LogP contribution in [0, 0.1) is 0 Å². The van der Waals surface area contributed by atoms with Crippen molar-refractivity contribution >= 4 is 25.7 Å². The molecular formula is C41H74NO10P. The van der Waals surface area contributed by atoms with Crippen LogP contribution in [0.25, 0.3) is 0 Å². The lowest BCUT2D eigenvalue weighted by atomic mass is 10.1. The second-order valence-electron chi connectivity index (χ2n) is 13.8. The first kappa shape index (κ1) is 50.7. The van der Waals surface area contributed by atoms with E-state index in [0.717, 1.165) is 77.0 Å². The number of carboxylic acid groups (broad SMARTS) is 1. The van der Waals surface area contributed by atoms with Gasteiger partial charge >= 0.3 is 25.7 Å². The zero-order valence-electron chi connectivity index (χ0n) is 33.1. The summed E-state index contributed by atoms with van der Waals surface area (Å²) in [4.78, 5) is 45.8. The summed E-state index contributed by atoms with van der Waals surface area (Å²) in [5.74, 6) is -2.40. The number of aliphatic carboxylic acids is 1. The van der Waals surface area contributed by atoms with Gasteiger partial charge in [0.1, 0.15) is 12.6 Å². The molecule has 0 rings (SSSR count). The van der Waals surface area contributed by atoms with E-state index in [1.807, 2.05) is 0 Å². The molecule has 0 saturated heterocycles. The third-order valence-corrected chi connectivity index (χ3v) is 9.56. The Balaban J connectivity index is 4.41. The number of carbonyl (C=O) groups excluding carboxylic acids is 2. The Labute approximate surface area is 321 Å². The fourth-order valence-electron chi connectivity index (χ4n) is 5.32. The molecule has 0 radical (unpaired) electrons. The molecule has 0 fully saturated rings. The molecule has 1 unspecified atom stereocenters. The molecule has 0 aliphatic heterocycles. The van der Waals surface area contributed by atoms with E-state index in [1.165, 1.54) is 57.8 Å². The number of hydrogen-bond donors (Lipinski definition) is 3. The van der Waals surface area contributed by atoms with Crippen LogP contribution in [-0.2, 0) is 37.5 Å². The summed E-state index contributed by atoms with van der Waals surface area (Å²) in [6.07, 6.45) is 37.8. The standard InChI is InChI=1S/C41H74NO10P/c1-3-5-7-9-11-13-15-17-18-19-20-21-23-25-27-29-31-33-40(44)52-37(35-50-53(47,48)51-36-38(42)41(45)46)34-49-39(43)32-30-28-26-24-22-16-14-12-10-8-6-4-2/h11-14,17-18,37-38H,3-10,15-16,19-36,42H2,1-2H3,(H,45,46)(H,47,48)/b13-11-,14-12-,18-17-/t37-,38+/m1/s1. The van der Waals surface area contributed by atoms with Crippen LogP contribution in [0.4, 0.5) is 0 Å². The van der Waals surface area contributed by atoms with E-state index in [2.05, 4.69) is 54.8 Å². The molecule has 0 heterocycles. The highest BCUT2D eigenvalue weighted by Gasteiger charge is 2.28. The quantitative estimate of drug-likeness (QED) is 0.0236. The fraction of sp³-hybridized carbons (Fsp3) is 0.780. The maximum absolute atomic E-state index is 12.6. The zero-order valence-corrected chi connectivity index (χ0v) is 34.0. The number of phosphoric acid groups is 1. The minimum Gasteiger partial charge on any atom is -0.480 e. The highest BCUT2D eigenvalue weighted by atomic mass is 31.2. The maximum atomic E-state index is 12.6. The van der Waals surface area contributed by atoms with Gasteiger partial charge in [0.05, 0.1) is 13.2 Å². The summed E-state index contributed by atoms with van der Waals surface area (Å²) in [6.45, 7) is 2.72. The van der Waals surface area contributed by atoms with E-state index in [-0.39, 0.29) is 19.4 Å². The maximum Gasteiger partial charge on any atom is 0.472 e. The molecule has 3 atom stereocenters. The van der Waals surface area contributed by atoms with Gasteiger partial charge in [0, 0.05) is 12.8 Å². The molecule has 11 nitrogen and oxygen atoms in total. The number of allylic oxidation sites excluding steroid dienone is 6. The SMILES string of the molecule is CCCCC/C=C\C/C=C\CCCCCCCCCC(=O)O[C@H](COC(=O)CCCCCCC/C=C\CCCCC)COP(=O)(O)OC[C@H](N)C(=O)O. The van der Waals surface area contributed by atoms with Crippen LogP contribution in [-0.4, -0.2) is 59.9 Å². The minimum atomic E-state index is -4.71. The normalized spacial score (nSPS) is 14.2. The number of hydrogen-bond acceptors (Lipinski definition) is 9. The number of nitrogens with two attached hydrogens (primary N) is 1. The van der Waals surface area contributed by atoms with Gasteiger partial charge in [-0.1, -0.05) is 127 Å². The van der Waals surface area contributed by atoms with Crippen LogP contribution in [0.2, 0.25) is 0 Å². The van der Waals surface area contributed by atoms with Crippen LogP contribution in [0.3, 0.4) is 0 Å². The van der Waals surface area contributed by atoms with E-state index in [9.17, 15) is 23.8 Å². The molecule has 0 aromatic rings. The Bertz CT molecular complexity index is 1050. The van der Waals surface area contributed by atoms with E-state index in [4.69, 9.17) is 24.8 Å². The summed E-state index contributed by atoms with van der Waals surface area (Å²) in [6, 6.07) is -1.52. The van der Waals surface area contributed by atoms with Gasteiger partial charge in [0.25, 0.3) is 0 Å². The summed E-state index contributed by atoms with van der Waals surface area (Å²) in [5.41, 5.74) is 5.32. The van der Waals surface area contributed by atoms with Gasteiger partial charge in [-0.15, -0.1) is 0 Å². The van der Waals surface area contributed by atoms with Gasteiger partial charge in [-0.05, 0) is 70.6 Å². The lowest BCUT2D eigenvalue weighted by Crippen LogP contribution is -2.34. The molecule has 0 aromatic heterocycles. The van der Waals surface area contributed by atoms with Gasteiger partial charge in [-0.3, -0.25) is 23.4 Å². The highest BCUT2D eigenvalue weighted by Crippen LogP contribution is 2.43. The predicted molar refractivity (Wildman–Crippen MR) is 212 cm³/mol. The average Bonchev–Trinajstić information content (AvgIpc) is 3.13. The monoisotopic (exact) mass is 772 g/mol. The summed E-state index contributed by atoms with van der Waals surface area (Å²) in [5, 5.41) is 8.87. The first-order valence-corrected chi connectivity index (χ1v) is 22.0. The lowest BCUT2D eigenvalue weighted by molar-refractivity contribution is -0.161. The van der Waals surface area contributed by atoms with Crippen molar-refractivity contribution in [3.8, 4) is 0 Å². The Kier molecular flexibility index (Phi) is 35.1. The van der Waals surface area contributed by atoms with Crippen molar-refractivity contribution in [3.05, 3.63) is 36.5 Å². The number of phosphoric ester groups is 1. The van der Waals surface area contributed by atoms with Crippen molar-refractivity contribution in [2.75, 3.05) is 19.8 Å². The molecule has 0 amide bonds. The fourth-order valence-corrected chi connectivity index (χ4v) is 6.10. The number of unbranched alkanes of at least 4 members (excludes halogenated alkanes) is 18. The van der Waals surface area contributed by atoms with Crippen molar-refractivity contribution < 1.29 is 47.5 Å². The summed E-state index contributed by atoms with van der Waals surface area (Å²) < 4.78 is 32.6. The zero-order chi connectivity index (χ0) is 39.3. The van der Waals surface area contributed by atoms with Gasteiger partial charge in [0.2, 0.25) is 0 Å². The Morgan fingerprint density at radius 1 is 0.585 bits per heavy atom. The highest BCUT2D eigenvalue weighted by molar-refractivity contribution is 7.47. The Morgan fingerprint density at radius 2 is 1.00 bits per heavy atom. The van der Waals surface area contributed by atoms with Crippen LogP contribution in [0.5, 0.6) is 0 Å².